The summed E-state index contributed by atoms with van der Waals surface area (Å²) >= 11 is 0. The van der Waals surface area contributed by atoms with E-state index in [1.54, 1.807) is 0 Å². The largest absolute Gasteiger partial charge is 0.489 e. The summed E-state index contributed by atoms with van der Waals surface area (Å²) in [4.78, 5) is 0. The van der Waals surface area contributed by atoms with Crippen LogP contribution in [0.15, 0.2) is 18.2 Å². The van der Waals surface area contributed by atoms with Gasteiger partial charge in [-0.25, -0.2) is 0 Å². The van der Waals surface area contributed by atoms with Gasteiger partial charge in [0, 0.05) is 17.8 Å². The van der Waals surface area contributed by atoms with Crippen LogP contribution >= 0.6 is 0 Å². The molecule has 3 nitrogen and oxygen atoms in total. The van der Waals surface area contributed by atoms with Crippen molar-refractivity contribution in [2.75, 3.05) is 11.1 Å². The molecule has 0 saturated heterocycles. The van der Waals surface area contributed by atoms with Gasteiger partial charge in [-0.15, -0.1) is 0 Å². The standard InChI is InChI=1S/C13H20N2O/c1-9(2)16-13-8-11(6-7-12(13)14)15-10-4-3-5-10/h6-10,15H,3-5,14H2,1-2H3. The van der Waals surface area contributed by atoms with Crippen LogP contribution < -0.4 is 15.8 Å². The zero-order valence-corrected chi connectivity index (χ0v) is 9.99. The number of rotatable bonds is 4. The quantitative estimate of drug-likeness (QED) is 0.767. The van der Waals surface area contributed by atoms with Crippen LogP contribution in [-0.2, 0) is 0 Å². The fourth-order valence-corrected chi connectivity index (χ4v) is 1.77. The molecule has 1 saturated carbocycles. The van der Waals surface area contributed by atoms with E-state index in [4.69, 9.17) is 10.5 Å². The van der Waals surface area contributed by atoms with Crippen LogP contribution in [0.5, 0.6) is 5.75 Å². The minimum atomic E-state index is 0.154. The van der Waals surface area contributed by atoms with E-state index in [9.17, 15) is 0 Å². The number of ether oxygens (including phenoxy) is 1. The lowest BCUT2D eigenvalue weighted by Crippen LogP contribution is -2.26. The molecule has 88 valence electrons. The van der Waals surface area contributed by atoms with E-state index in [2.05, 4.69) is 5.32 Å². The van der Waals surface area contributed by atoms with Crippen LogP contribution in [0, 0.1) is 0 Å². The lowest BCUT2D eigenvalue weighted by atomic mass is 9.93. The zero-order chi connectivity index (χ0) is 11.5. The Labute approximate surface area is 97.0 Å². The van der Waals surface area contributed by atoms with E-state index >= 15 is 0 Å². The van der Waals surface area contributed by atoms with Gasteiger partial charge in [-0.2, -0.15) is 0 Å². The van der Waals surface area contributed by atoms with Gasteiger partial charge < -0.3 is 15.8 Å². The molecule has 16 heavy (non-hydrogen) atoms. The minimum absolute atomic E-state index is 0.154. The first kappa shape index (κ1) is 11.1. The van der Waals surface area contributed by atoms with E-state index < -0.39 is 0 Å². The summed E-state index contributed by atoms with van der Waals surface area (Å²) in [5.74, 6) is 0.777. The molecule has 2 rings (SSSR count). The fourth-order valence-electron chi connectivity index (χ4n) is 1.77. The Morgan fingerprint density at radius 1 is 1.38 bits per heavy atom. The first-order valence-electron chi connectivity index (χ1n) is 5.98. The van der Waals surface area contributed by atoms with E-state index in [0.717, 1.165) is 11.4 Å². The van der Waals surface area contributed by atoms with E-state index in [-0.39, 0.29) is 6.10 Å². The highest BCUT2D eigenvalue weighted by atomic mass is 16.5. The average Bonchev–Trinajstić information content (AvgIpc) is 2.15. The maximum Gasteiger partial charge on any atom is 0.144 e. The van der Waals surface area contributed by atoms with Crippen LogP contribution in [0.4, 0.5) is 11.4 Å². The highest BCUT2D eigenvalue weighted by molar-refractivity contribution is 5.61. The van der Waals surface area contributed by atoms with Crippen molar-refractivity contribution in [2.45, 2.75) is 45.3 Å². The summed E-state index contributed by atoms with van der Waals surface area (Å²) in [5.41, 5.74) is 7.67. The molecule has 0 heterocycles. The van der Waals surface area contributed by atoms with Crippen LogP contribution in [0.25, 0.3) is 0 Å². The van der Waals surface area contributed by atoms with Crippen molar-refractivity contribution in [1.82, 2.24) is 0 Å². The van der Waals surface area contributed by atoms with E-state index in [1.807, 2.05) is 32.0 Å². The van der Waals surface area contributed by atoms with Gasteiger partial charge in [0.2, 0.25) is 0 Å². The first-order chi connectivity index (χ1) is 7.65. The second-order valence-corrected chi connectivity index (χ2v) is 4.69. The van der Waals surface area contributed by atoms with Crippen LogP contribution in [0.1, 0.15) is 33.1 Å². The molecule has 3 heteroatoms. The highest BCUT2D eigenvalue weighted by Crippen LogP contribution is 2.29. The molecule has 0 aromatic heterocycles. The highest BCUT2D eigenvalue weighted by Gasteiger charge is 2.17. The number of anilines is 2. The van der Waals surface area contributed by atoms with Crippen molar-refractivity contribution in [2.24, 2.45) is 0 Å². The number of hydrogen-bond donors (Lipinski definition) is 2. The van der Waals surface area contributed by atoms with Crippen molar-refractivity contribution >= 4 is 11.4 Å². The molecular formula is C13H20N2O. The third kappa shape index (κ3) is 2.60. The Kier molecular flexibility index (Phi) is 3.22. The third-order valence-electron chi connectivity index (χ3n) is 2.85. The van der Waals surface area contributed by atoms with Crippen molar-refractivity contribution in [3.8, 4) is 5.75 Å². The molecule has 1 aliphatic carbocycles. The Morgan fingerprint density at radius 2 is 2.12 bits per heavy atom. The van der Waals surface area contributed by atoms with Crippen LogP contribution in [0.3, 0.4) is 0 Å². The number of benzene rings is 1. The lowest BCUT2D eigenvalue weighted by Gasteiger charge is -2.27. The Morgan fingerprint density at radius 3 is 2.69 bits per heavy atom. The number of nitrogens with two attached hydrogens (primary N) is 1. The molecule has 1 aromatic carbocycles. The second-order valence-electron chi connectivity index (χ2n) is 4.69. The molecule has 0 spiro atoms. The predicted octanol–water partition coefficient (Wildman–Crippen LogP) is 3.02. The summed E-state index contributed by atoms with van der Waals surface area (Å²) in [6.45, 7) is 4.01. The molecule has 3 N–H and O–H groups in total. The number of nitrogen functional groups attached to an aromatic ring is 1. The van der Waals surface area contributed by atoms with Crippen molar-refractivity contribution < 1.29 is 4.74 Å². The van der Waals surface area contributed by atoms with Gasteiger partial charge in [-0.1, -0.05) is 0 Å². The summed E-state index contributed by atoms with van der Waals surface area (Å²) in [5, 5.41) is 3.48. The van der Waals surface area contributed by atoms with Gasteiger partial charge >= 0.3 is 0 Å². The van der Waals surface area contributed by atoms with E-state index in [0.29, 0.717) is 11.7 Å². The molecule has 1 aromatic rings. The van der Waals surface area contributed by atoms with Gasteiger partial charge in [0.25, 0.3) is 0 Å². The maximum atomic E-state index is 5.86. The van der Waals surface area contributed by atoms with Crippen LogP contribution in [0.2, 0.25) is 0 Å². The Balaban J connectivity index is 2.07. The van der Waals surface area contributed by atoms with Crippen LogP contribution in [-0.4, -0.2) is 12.1 Å². The lowest BCUT2D eigenvalue weighted by molar-refractivity contribution is 0.244. The average molecular weight is 220 g/mol. The monoisotopic (exact) mass is 220 g/mol. The molecular weight excluding hydrogens is 200 g/mol. The molecule has 1 fully saturated rings. The molecule has 0 unspecified atom stereocenters. The summed E-state index contributed by atoms with van der Waals surface area (Å²) in [6.07, 6.45) is 4.03. The molecule has 0 atom stereocenters. The first-order valence-corrected chi connectivity index (χ1v) is 5.98. The summed E-state index contributed by atoms with van der Waals surface area (Å²) in [7, 11) is 0. The van der Waals surface area contributed by atoms with Crippen molar-refractivity contribution in [3.63, 3.8) is 0 Å². The Hall–Kier alpha value is -1.38. The zero-order valence-electron chi connectivity index (χ0n) is 9.99. The van der Waals surface area contributed by atoms with Gasteiger partial charge in [0.05, 0.1) is 11.8 Å². The fraction of sp³-hybridized carbons (Fsp3) is 0.538. The summed E-state index contributed by atoms with van der Waals surface area (Å²) in [6, 6.07) is 6.54. The third-order valence-corrected chi connectivity index (χ3v) is 2.85. The van der Waals surface area contributed by atoms with Gasteiger partial charge in [0.15, 0.2) is 0 Å². The maximum absolute atomic E-state index is 5.86. The normalized spacial score (nSPS) is 15.9. The smallest absolute Gasteiger partial charge is 0.144 e. The van der Waals surface area contributed by atoms with Crippen molar-refractivity contribution in [3.05, 3.63) is 18.2 Å². The van der Waals surface area contributed by atoms with Gasteiger partial charge in [-0.05, 0) is 45.2 Å². The minimum Gasteiger partial charge on any atom is -0.489 e. The predicted molar refractivity (Wildman–Crippen MR) is 67.9 cm³/mol. The van der Waals surface area contributed by atoms with Gasteiger partial charge in [0.1, 0.15) is 5.75 Å². The molecule has 0 aliphatic heterocycles. The SMILES string of the molecule is CC(C)Oc1cc(NC2CCC2)ccc1N. The van der Waals surface area contributed by atoms with Gasteiger partial charge in [-0.3, -0.25) is 0 Å². The van der Waals surface area contributed by atoms with E-state index in [1.165, 1.54) is 19.3 Å². The second kappa shape index (κ2) is 4.64. The Bertz CT molecular complexity index is 359. The molecule has 1 aliphatic rings. The molecule has 0 bridgehead atoms. The molecule has 0 amide bonds. The topological polar surface area (TPSA) is 47.3 Å². The summed E-state index contributed by atoms with van der Waals surface area (Å²) < 4.78 is 5.65. The number of nitrogens with one attached hydrogen (secondary N) is 1. The molecule has 0 radical (unpaired) electrons. The number of hydrogen-bond acceptors (Lipinski definition) is 3. The van der Waals surface area contributed by atoms with Crippen molar-refractivity contribution in [1.29, 1.82) is 0 Å².